The molecule has 1 heterocycles. The van der Waals surface area contributed by atoms with Gasteiger partial charge in [-0.25, -0.2) is 0 Å². The first-order valence-electron chi connectivity index (χ1n) is 6.21. The van der Waals surface area contributed by atoms with Crippen LogP contribution in [0.3, 0.4) is 0 Å². The van der Waals surface area contributed by atoms with Crippen LogP contribution in [-0.4, -0.2) is 34.0 Å². The highest BCUT2D eigenvalue weighted by Gasteiger charge is 2.37. The van der Waals surface area contributed by atoms with E-state index in [1.807, 2.05) is 32.0 Å². The molecular formula is C14H20BO4S. The first-order chi connectivity index (χ1) is 9.21. The van der Waals surface area contributed by atoms with Crippen LogP contribution in [-0.2, 0) is 0 Å². The number of fused-ring (bicyclic) bond motifs is 1. The van der Waals surface area contributed by atoms with Crippen molar-refractivity contribution in [3.63, 3.8) is 0 Å². The van der Waals surface area contributed by atoms with E-state index in [1.54, 1.807) is 25.2 Å². The first-order valence-corrected chi connectivity index (χ1v) is 7.03. The molecule has 3 N–H and O–H groups in total. The zero-order valence-corrected chi connectivity index (χ0v) is 12.9. The van der Waals surface area contributed by atoms with Gasteiger partial charge < -0.3 is 19.9 Å². The van der Waals surface area contributed by atoms with E-state index < -0.39 is 11.2 Å². The molecule has 0 aliphatic heterocycles. The lowest BCUT2D eigenvalue weighted by Gasteiger charge is -2.36. The van der Waals surface area contributed by atoms with Crippen molar-refractivity contribution in [3.8, 4) is 5.06 Å². The summed E-state index contributed by atoms with van der Waals surface area (Å²) >= 11 is 1.61. The van der Waals surface area contributed by atoms with Gasteiger partial charge in [-0.1, -0.05) is 29.5 Å². The zero-order chi connectivity index (χ0) is 15.4. The molecule has 1 aromatic heterocycles. The van der Waals surface area contributed by atoms with E-state index >= 15 is 0 Å². The summed E-state index contributed by atoms with van der Waals surface area (Å²) in [5.74, 6) is 0. The Kier molecular flexibility index (Phi) is 5.59. The molecule has 109 valence electrons. The van der Waals surface area contributed by atoms with Gasteiger partial charge in [0.25, 0.3) is 0 Å². The van der Waals surface area contributed by atoms with Gasteiger partial charge in [0, 0.05) is 4.70 Å². The summed E-state index contributed by atoms with van der Waals surface area (Å²) in [6, 6.07) is 10.2. The van der Waals surface area contributed by atoms with Crippen molar-refractivity contribution in [3.05, 3.63) is 30.3 Å². The van der Waals surface area contributed by atoms with Crippen molar-refractivity contribution in [2.24, 2.45) is 0 Å². The van der Waals surface area contributed by atoms with Gasteiger partial charge in [-0.2, -0.15) is 0 Å². The van der Waals surface area contributed by atoms with Crippen molar-refractivity contribution in [2.45, 2.75) is 38.9 Å². The number of thiophene rings is 1. The van der Waals surface area contributed by atoms with Gasteiger partial charge in [0.1, 0.15) is 5.60 Å². The molecule has 0 aliphatic rings. The molecule has 4 nitrogen and oxygen atoms in total. The van der Waals surface area contributed by atoms with Crippen LogP contribution in [0.4, 0.5) is 0 Å². The molecule has 0 aliphatic carbocycles. The molecule has 1 radical (unpaired) electrons. The fraction of sp³-hybridized carbons (Fsp3) is 0.429. The Morgan fingerprint density at radius 2 is 1.65 bits per heavy atom. The van der Waals surface area contributed by atoms with Crippen molar-refractivity contribution in [2.75, 3.05) is 0 Å². The minimum absolute atomic E-state index is 0. The molecule has 20 heavy (non-hydrogen) atoms. The van der Waals surface area contributed by atoms with E-state index in [9.17, 15) is 5.11 Å². The lowest BCUT2D eigenvalue weighted by atomic mass is 9.89. The minimum atomic E-state index is -0.886. The number of benzene rings is 1. The van der Waals surface area contributed by atoms with Crippen LogP contribution in [0.25, 0.3) is 10.1 Å². The maximum Gasteiger partial charge on any atom is 0.482 e. The van der Waals surface area contributed by atoms with Crippen molar-refractivity contribution in [1.29, 1.82) is 0 Å². The molecule has 0 unspecified atom stereocenters. The van der Waals surface area contributed by atoms with E-state index in [-0.39, 0.29) is 7.69 Å². The normalized spacial score (nSPS) is 11.8. The highest BCUT2D eigenvalue weighted by molar-refractivity contribution is 7.20. The Hall–Kier alpha value is -1.08. The van der Waals surface area contributed by atoms with E-state index in [0.29, 0.717) is 0 Å². The van der Waals surface area contributed by atoms with Gasteiger partial charge in [-0.15, -0.1) is 0 Å². The van der Waals surface area contributed by atoms with Crippen LogP contribution in [0.2, 0.25) is 0 Å². The van der Waals surface area contributed by atoms with Crippen molar-refractivity contribution >= 4 is 29.1 Å². The topological polar surface area (TPSA) is 69.9 Å². The van der Waals surface area contributed by atoms with Gasteiger partial charge in [0.05, 0.1) is 5.60 Å². The first kappa shape index (κ1) is 17.0. The summed E-state index contributed by atoms with van der Waals surface area (Å²) in [4.78, 5) is 0. The third-order valence-electron chi connectivity index (χ3n) is 3.23. The van der Waals surface area contributed by atoms with Gasteiger partial charge in [0.2, 0.25) is 0 Å². The highest BCUT2D eigenvalue weighted by atomic mass is 32.1. The Morgan fingerprint density at radius 3 is 2.15 bits per heavy atom. The number of ether oxygens (including phenoxy) is 1. The summed E-state index contributed by atoms with van der Waals surface area (Å²) in [7, 11) is 0. The third-order valence-corrected chi connectivity index (χ3v) is 4.23. The van der Waals surface area contributed by atoms with Crippen LogP contribution in [0.1, 0.15) is 27.7 Å². The maximum absolute atomic E-state index is 10.1. The molecule has 0 bridgehead atoms. The lowest BCUT2D eigenvalue weighted by molar-refractivity contribution is -0.0889. The molecule has 0 saturated carbocycles. The SMILES string of the molecule is CC(C)(O)C(C)(C)Oc1cc2ccccc2s1.O[B]O. The summed E-state index contributed by atoms with van der Waals surface area (Å²) < 4.78 is 7.12. The van der Waals surface area contributed by atoms with Crippen LogP contribution in [0, 0.1) is 0 Å². The third kappa shape index (κ3) is 4.21. The van der Waals surface area contributed by atoms with Crippen LogP contribution < -0.4 is 4.74 Å². The minimum Gasteiger partial charge on any atom is -0.475 e. The fourth-order valence-electron chi connectivity index (χ4n) is 1.38. The van der Waals surface area contributed by atoms with Crippen LogP contribution in [0.15, 0.2) is 30.3 Å². The predicted octanol–water partition coefficient (Wildman–Crippen LogP) is 2.33. The summed E-state index contributed by atoms with van der Waals surface area (Å²) in [6.07, 6.45) is 0. The van der Waals surface area contributed by atoms with E-state index in [2.05, 4.69) is 12.1 Å². The molecule has 0 saturated heterocycles. The maximum atomic E-state index is 10.1. The van der Waals surface area contributed by atoms with E-state index in [4.69, 9.17) is 14.8 Å². The van der Waals surface area contributed by atoms with E-state index in [0.717, 1.165) is 5.06 Å². The molecule has 1 aromatic carbocycles. The summed E-state index contributed by atoms with van der Waals surface area (Å²) in [5.41, 5.74) is -1.50. The van der Waals surface area contributed by atoms with Crippen LogP contribution in [0.5, 0.6) is 5.06 Å². The Balaban J connectivity index is 0.000000612. The molecule has 2 aromatic rings. The molecule has 0 amide bonds. The zero-order valence-electron chi connectivity index (χ0n) is 12.1. The highest BCUT2D eigenvalue weighted by Crippen LogP contribution is 2.36. The molecule has 2 rings (SSSR count). The largest absolute Gasteiger partial charge is 0.482 e. The summed E-state index contributed by atoms with van der Waals surface area (Å²) in [6.45, 7) is 7.33. The second-order valence-corrected chi connectivity index (χ2v) is 6.44. The number of hydrogen-bond acceptors (Lipinski definition) is 5. The van der Waals surface area contributed by atoms with Gasteiger partial charge in [-0.3, -0.25) is 0 Å². The number of hydrogen-bond donors (Lipinski definition) is 3. The lowest BCUT2D eigenvalue weighted by Crippen LogP contribution is -2.49. The van der Waals surface area contributed by atoms with E-state index in [1.165, 1.54) is 10.1 Å². The Labute approximate surface area is 124 Å². The standard InChI is InChI=1S/C14H18O2S.BH2O2/c1-13(2,15)14(3,4)16-12-9-10-7-5-6-8-11(10)17-12;2-1-3/h5-9,15H,1-4H3;2-3H. The van der Waals surface area contributed by atoms with Gasteiger partial charge >= 0.3 is 7.69 Å². The second-order valence-electron chi connectivity index (χ2n) is 5.39. The molecular weight excluding hydrogens is 275 g/mol. The molecule has 0 atom stereocenters. The Bertz CT molecular complexity index is 512. The average Bonchev–Trinajstić information content (AvgIpc) is 2.69. The molecule has 0 spiro atoms. The van der Waals surface area contributed by atoms with Crippen molar-refractivity contribution in [1.82, 2.24) is 0 Å². The number of aliphatic hydroxyl groups is 1. The predicted molar refractivity (Wildman–Crippen MR) is 83.0 cm³/mol. The fourth-order valence-corrected chi connectivity index (χ4v) is 2.43. The summed E-state index contributed by atoms with van der Waals surface area (Å²) in [5, 5.41) is 26.1. The van der Waals surface area contributed by atoms with Gasteiger partial charge in [-0.05, 0) is 45.2 Å². The monoisotopic (exact) mass is 295 g/mol. The average molecular weight is 295 g/mol. The molecule has 6 heteroatoms. The van der Waals surface area contributed by atoms with Crippen molar-refractivity contribution < 1.29 is 19.9 Å². The van der Waals surface area contributed by atoms with Crippen LogP contribution >= 0.6 is 11.3 Å². The Morgan fingerprint density at radius 1 is 1.10 bits per heavy atom. The number of rotatable bonds is 3. The second kappa shape index (κ2) is 6.58. The quantitative estimate of drug-likeness (QED) is 0.760. The smallest absolute Gasteiger partial charge is 0.475 e. The molecule has 0 fully saturated rings. The van der Waals surface area contributed by atoms with Gasteiger partial charge in [0.15, 0.2) is 5.06 Å².